The van der Waals surface area contributed by atoms with Crippen molar-refractivity contribution in [3.05, 3.63) is 71.8 Å². The Kier molecular flexibility index (Phi) is 9.99. The maximum Gasteiger partial charge on any atom is 0.510 e. The maximum absolute atomic E-state index is 14.3. The number of nitrogens with zero attached hydrogens (tertiary/aromatic N) is 1. The number of quaternary nitrogens is 1. The van der Waals surface area contributed by atoms with Crippen molar-refractivity contribution in [3.8, 4) is 0 Å². The van der Waals surface area contributed by atoms with E-state index < -0.39 is 24.5 Å². The van der Waals surface area contributed by atoms with Crippen molar-refractivity contribution in [1.29, 1.82) is 0 Å². The summed E-state index contributed by atoms with van der Waals surface area (Å²) in [6.07, 6.45) is 11.1. The second-order valence-electron chi connectivity index (χ2n) is 12.0. The summed E-state index contributed by atoms with van der Waals surface area (Å²) in [6, 6.07) is 19.9. The number of esters is 1. The van der Waals surface area contributed by atoms with Crippen molar-refractivity contribution in [1.82, 2.24) is 0 Å². The monoisotopic (exact) mass is 564 g/mol. The summed E-state index contributed by atoms with van der Waals surface area (Å²) >= 11 is 0. The number of carbonyl (C=O) groups excluding carboxylic acids is 2. The summed E-state index contributed by atoms with van der Waals surface area (Å²) in [6.45, 7) is 4.56. The first-order valence-electron chi connectivity index (χ1n) is 15.7. The third kappa shape index (κ3) is 6.46. The fourth-order valence-electron chi connectivity index (χ4n) is 7.58. The molecule has 2 aromatic carbocycles. The van der Waals surface area contributed by atoms with Gasteiger partial charge in [0.2, 0.25) is 5.60 Å². The third-order valence-electron chi connectivity index (χ3n) is 9.60. The van der Waals surface area contributed by atoms with Gasteiger partial charge in [0.15, 0.2) is 6.79 Å². The van der Waals surface area contributed by atoms with Gasteiger partial charge in [0, 0.05) is 38.5 Å². The first kappa shape index (κ1) is 29.6. The summed E-state index contributed by atoms with van der Waals surface area (Å²) in [5.41, 5.74) is -0.323. The van der Waals surface area contributed by atoms with Gasteiger partial charge in [0.25, 0.3) is 0 Å². The van der Waals surface area contributed by atoms with Crippen molar-refractivity contribution in [2.24, 2.45) is 0 Å². The molecule has 41 heavy (non-hydrogen) atoms. The number of hydrogen-bond acceptors (Lipinski definition) is 6. The minimum atomic E-state index is -1.58. The Balaban J connectivity index is 1.30. The molecular formula is C34H46NO6+. The Hall–Kier alpha value is -2.90. The van der Waals surface area contributed by atoms with E-state index in [-0.39, 0.29) is 6.10 Å². The Morgan fingerprint density at radius 1 is 0.805 bits per heavy atom. The molecule has 5 rings (SSSR count). The summed E-state index contributed by atoms with van der Waals surface area (Å²) in [7, 11) is 0. The summed E-state index contributed by atoms with van der Waals surface area (Å²) in [5, 5.41) is 0. The molecule has 3 aliphatic rings. The lowest BCUT2D eigenvalue weighted by Gasteiger charge is -2.47. The van der Waals surface area contributed by atoms with Crippen LogP contribution in [0.15, 0.2) is 60.7 Å². The molecule has 0 saturated carbocycles. The largest absolute Gasteiger partial charge is 0.510 e. The SMILES string of the molecule is CCCCCCCOC(=O)OCOC(C(=O)OC1CC2CCC(C1)[N+]21CCCC1)(c1ccccc1)c1ccccc1. The lowest BCUT2D eigenvalue weighted by atomic mass is 9.85. The van der Waals surface area contributed by atoms with Crippen LogP contribution in [0.4, 0.5) is 4.79 Å². The van der Waals surface area contributed by atoms with Crippen LogP contribution in [0.2, 0.25) is 0 Å². The zero-order chi connectivity index (χ0) is 28.5. The topological polar surface area (TPSA) is 71.1 Å². The van der Waals surface area contributed by atoms with Crippen LogP contribution >= 0.6 is 0 Å². The second-order valence-corrected chi connectivity index (χ2v) is 12.0. The van der Waals surface area contributed by atoms with Crippen LogP contribution in [0.1, 0.15) is 88.7 Å². The molecule has 3 fully saturated rings. The fourth-order valence-corrected chi connectivity index (χ4v) is 7.58. The second kappa shape index (κ2) is 13.8. The van der Waals surface area contributed by atoms with Crippen LogP contribution in [-0.2, 0) is 29.3 Å². The van der Waals surface area contributed by atoms with E-state index in [1.807, 2.05) is 60.7 Å². The molecule has 2 unspecified atom stereocenters. The molecule has 3 aliphatic heterocycles. The van der Waals surface area contributed by atoms with Crippen LogP contribution in [0.25, 0.3) is 0 Å². The number of benzene rings is 2. The molecular weight excluding hydrogens is 518 g/mol. The molecule has 3 saturated heterocycles. The van der Waals surface area contributed by atoms with E-state index in [9.17, 15) is 9.59 Å². The Bertz CT molecular complexity index is 1060. The lowest BCUT2D eigenvalue weighted by Crippen LogP contribution is -2.60. The number of ether oxygens (including phenoxy) is 4. The highest BCUT2D eigenvalue weighted by Crippen LogP contribution is 2.47. The zero-order valence-electron chi connectivity index (χ0n) is 24.5. The van der Waals surface area contributed by atoms with E-state index >= 15 is 0 Å². The van der Waals surface area contributed by atoms with Crippen LogP contribution in [0, 0.1) is 0 Å². The Morgan fingerprint density at radius 2 is 1.39 bits per heavy atom. The van der Waals surface area contributed by atoms with Gasteiger partial charge in [0.1, 0.15) is 6.10 Å². The first-order chi connectivity index (χ1) is 20.1. The molecule has 7 heteroatoms. The predicted molar refractivity (Wildman–Crippen MR) is 156 cm³/mol. The van der Waals surface area contributed by atoms with Gasteiger partial charge in [-0.15, -0.1) is 0 Å². The van der Waals surface area contributed by atoms with Crippen molar-refractivity contribution in [3.63, 3.8) is 0 Å². The molecule has 0 aliphatic carbocycles. The number of carbonyl (C=O) groups is 2. The molecule has 0 amide bonds. The van der Waals surface area contributed by atoms with Gasteiger partial charge in [-0.1, -0.05) is 93.3 Å². The number of rotatable bonds is 13. The highest BCUT2D eigenvalue weighted by Gasteiger charge is 2.57. The molecule has 3 heterocycles. The molecule has 2 atom stereocenters. The zero-order valence-corrected chi connectivity index (χ0v) is 24.5. The molecule has 0 N–H and O–H groups in total. The minimum absolute atomic E-state index is 0.154. The molecule has 2 bridgehead atoms. The van der Waals surface area contributed by atoms with Gasteiger partial charge in [-0.2, -0.15) is 0 Å². The Morgan fingerprint density at radius 3 is 1.98 bits per heavy atom. The van der Waals surface area contributed by atoms with E-state index in [1.165, 1.54) is 49.7 Å². The standard InChI is InChI=1S/C34H46NO6/c1-2-3-4-5-14-23-38-33(37)39-26-40-34(27-15-8-6-9-16-27,28-17-10-7-11-18-28)32(36)41-31-24-29-19-20-30(25-31)35(29)21-12-13-22-35/h6-11,15-18,29-31H,2-5,12-14,19-26H2,1H3/q+1. The Labute approximate surface area is 244 Å². The lowest BCUT2D eigenvalue weighted by molar-refractivity contribution is -0.956. The molecule has 222 valence electrons. The molecule has 7 nitrogen and oxygen atoms in total. The predicted octanol–water partition coefficient (Wildman–Crippen LogP) is 6.88. The van der Waals surface area contributed by atoms with Gasteiger partial charge in [-0.3, -0.25) is 0 Å². The normalized spacial score (nSPS) is 22.9. The quantitative estimate of drug-likeness (QED) is 0.114. The molecule has 0 radical (unpaired) electrons. The van der Waals surface area contributed by atoms with Crippen LogP contribution in [0.3, 0.4) is 0 Å². The van der Waals surface area contributed by atoms with Crippen LogP contribution in [0.5, 0.6) is 0 Å². The van der Waals surface area contributed by atoms with E-state index in [4.69, 9.17) is 18.9 Å². The van der Waals surface area contributed by atoms with Crippen molar-refractivity contribution < 1.29 is 33.0 Å². The van der Waals surface area contributed by atoms with Gasteiger partial charge >= 0.3 is 12.1 Å². The average molecular weight is 565 g/mol. The van der Waals surface area contributed by atoms with E-state index in [1.54, 1.807) is 0 Å². The highest BCUT2D eigenvalue weighted by atomic mass is 16.8. The van der Waals surface area contributed by atoms with Crippen molar-refractivity contribution in [2.75, 3.05) is 26.5 Å². The fraction of sp³-hybridized carbons (Fsp3) is 0.588. The van der Waals surface area contributed by atoms with Gasteiger partial charge in [-0.05, 0) is 17.5 Å². The van der Waals surface area contributed by atoms with Crippen LogP contribution < -0.4 is 0 Å². The minimum Gasteiger partial charge on any atom is -0.459 e. The number of piperidine rings is 1. The van der Waals surface area contributed by atoms with Crippen molar-refractivity contribution >= 4 is 12.1 Å². The highest BCUT2D eigenvalue weighted by molar-refractivity contribution is 5.86. The third-order valence-corrected chi connectivity index (χ3v) is 9.60. The summed E-state index contributed by atoms with van der Waals surface area (Å²) in [4.78, 5) is 26.7. The van der Waals surface area contributed by atoms with Crippen LogP contribution in [-0.4, -0.2) is 61.3 Å². The van der Waals surface area contributed by atoms with Gasteiger partial charge < -0.3 is 23.4 Å². The van der Waals surface area contributed by atoms with E-state index in [0.29, 0.717) is 29.8 Å². The summed E-state index contributed by atoms with van der Waals surface area (Å²) < 4.78 is 24.5. The molecule has 0 aromatic heterocycles. The molecule has 1 spiro atoms. The average Bonchev–Trinajstić information content (AvgIpc) is 3.54. The summed E-state index contributed by atoms with van der Waals surface area (Å²) in [5.74, 6) is -0.470. The van der Waals surface area contributed by atoms with Gasteiger partial charge in [-0.25, -0.2) is 9.59 Å². The van der Waals surface area contributed by atoms with Gasteiger partial charge in [0.05, 0.1) is 31.8 Å². The smallest absolute Gasteiger partial charge is 0.459 e. The van der Waals surface area contributed by atoms with Crippen molar-refractivity contribution in [2.45, 2.75) is 101 Å². The number of unbranched alkanes of at least 4 members (excludes halogenated alkanes) is 4. The number of hydrogen-bond donors (Lipinski definition) is 0. The maximum atomic E-state index is 14.3. The van der Waals surface area contributed by atoms with E-state index in [0.717, 1.165) is 38.5 Å². The van der Waals surface area contributed by atoms with E-state index in [2.05, 4.69) is 6.92 Å². The first-order valence-corrected chi connectivity index (χ1v) is 15.7. The molecule has 2 aromatic rings.